The molecule has 0 aliphatic rings. The van der Waals surface area contributed by atoms with Crippen molar-refractivity contribution in [1.82, 2.24) is 9.55 Å². The quantitative estimate of drug-likeness (QED) is 0.537. The van der Waals surface area contributed by atoms with Crippen LogP contribution in [0.15, 0.2) is 17.1 Å². The standard InChI is InChI=1S/C8H15N5O/c9-2-4-11-7-1-5-13(6-3-10)8(14)12-7/h1,5H,2-4,6,9-10H2,(H,11,12,14). The highest BCUT2D eigenvalue weighted by Gasteiger charge is 1.97. The van der Waals surface area contributed by atoms with Gasteiger partial charge in [0.15, 0.2) is 0 Å². The summed E-state index contributed by atoms with van der Waals surface area (Å²) in [5.74, 6) is 0.550. The molecule has 0 radical (unpaired) electrons. The predicted molar refractivity (Wildman–Crippen MR) is 55.1 cm³/mol. The Labute approximate surface area is 81.9 Å². The third kappa shape index (κ3) is 2.82. The van der Waals surface area contributed by atoms with E-state index < -0.39 is 0 Å². The van der Waals surface area contributed by atoms with Gasteiger partial charge in [-0.2, -0.15) is 4.98 Å². The van der Waals surface area contributed by atoms with Gasteiger partial charge in [-0.05, 0) is 6.07 Å². The second kappa shape index (κ2) is 5.36. The van der Waals surface area contributed by atoms with E-state index in [-0.39, 0.29) is 5.69 Å². The molecule has 6 nitrogen and oxygen atoms in total. The van der Waals surface area contributed by atoms with Crippen molar-refractivity contribution in [3.63, 3.8) is 0 Å². The number of anilines is 1. The van der Waals surface area contributed by atoms with Gasteiger partial charge < -0.3 is 16.8 Å². The molecule has 0 amide bonds. The highest BCUT2D eigenvalue weighted by molar-refractivity contribution is 5.31. The summed E-state index contributed by atoms with van der Waals surface area (Å²) in [4.78, 5) is 15.1. The molecule has 0 atom stereocenters. The third-order valence-corrected chi connectivity index (χ3v) is 1.69. The first-order valence-electron chi connectivity index (χ1n) is 4.49. The highest BCUT2D eigenvalue weighted by atomic mass is 16.1. The molecule has 0 saturated carbocycles. The van der Waals surface area contributed by atoms with Crippen molar-refractivity contribution in [2.75, 3.05) is 25.0 Å². The molecule has 0 bridgehead atoms. The molecular formula is C8H15N5O. The van der Waals surface area contributed by atoms with Crippen LogP contribution in [0.1, 0.15) is 0 Å². The van der Waals surface area contributed by atoms with Crippen molar-refractivity contribution >= 4 is 5.82 Å². The summed E-state index contributed by atoms with van der Waals surface area (Å²) in [6.45, 7) is 2.03. The van der Waals surface area contributed by atoms with E-state index in [1.54, 1.807) is 12.3 Å². The summed E-state index contributed by atoms with van der Waals surface area (Å²) >= 11 is 0. The first-order valence-corrected chi connectivity index (χ1v) is 4.49. The molecule has 5 N–H and O–H groups in total. The van der Waals surface area contributed by atoms with Gasteiger partial charge in [-0.1, -0.05) is 0 Å². The van der Waals surface area contributed by atoms with Crippen molar-refractivity contribution in [3.8, 4) is 0 Å². The lowest BCUT2D eigenvalue weighted by Gasteiger charge is -2.05. The van der Waals surface area contributed by atoms with Crippen molar-refractivity contribution in [2.24, 2.45) is 11.5 Å². The number of rotatable bonds is 5. The Morgan fingerprint density at radius 3 is 2.79 bits per heavy atom. The molecule has 0 aliphatic carbocycles. The van der Waals surface area contributed by atoms with E-state index in [0.717, 1.165) is 0 Å². The zero-order valence-electron chi connectivity index (χ0n) is 7.94. The summed E-state index contributed by atoms with van der Waals surface area (Å²) in [6.07, 6.45) is 1.67. The zero-order chi connectivity index (χ0) is 10.4. The van der Waals surface area contributed by atoms with Gasteiger partial charge in [-0.15, -0.1) is 0 Å². The average molecular weight is 197 g/mol. The summed E-state index contributed by atoms with van der Waals surface area (Å²) < 4.78 is 1.47. The Bertz CT molecular complexity index is 335. The molecule has 1 aromatic heterocycles. The minimum absolute atomic E-state index is 0.294. The summed E-state index contributed by atoms with van der Waals surface area (Å²) in [5.41, 5.74) is 10.3. The first-order chi connectivity index (χ1) is 6.77. The van der Waals surface area contributed by atoms with Crippen molar-refractivity contribution in [1.29, 1.82) is 0 Å². The Morgan fingerprint density at radius 2 is 2.21 bits per heavy atom. The molecule has 0 fully saturated rings. The lowest BCUT2D eigenvalue weighted by atomic mass is 10.5. The lowest BCUT2D eigenvalue weighted by Crippen LogP contribution is -2.27. The van der Waals surface area contributed by atoms with E-state index in [0.29, 0.717) is 32.0 Å². The minimum atomic E-state index is -0.294. The molecule has 1 aromatic rings. The zero-order valence-corrected chi connectivity index (χ0v) is 7.94. The van der Waals surface area contributed by atoms with Crippen LogP contribution >= 0.6 is 0 Å². The van der Waals surface area contributed by atoms with Crippen LogP contribution in [0.5, 0.6) is 0 Å². The molecule has 0 saturated heterocycles. The van der Waals surface area contributed by atoms with Crippen LogP contribution in [-0.2, 0) is 6.54 Å². The maximum Gasteiger partial charge on any atom is 0.349 e. The predicted octanol–water partition coefficient (Wildman–Crippen LogP) is -1.43. The topological polar surface area (TPSA) is 99.0 Å². The molecular weight excluding hydrogens is 182 g/mol. The first kappa shape index (κ1) is 10.7. The SMILES string of the molecule is NCCNc1ccn(CCN)c(=O)n1. The third-order valence-electron chi connectivity index (χ3n) is 1.69. The Morgan fingerprint density at radius 1 is 1.43 bits per heavy atom. The largest absolute Gasteiger partial charge is 0.369 e. The summed E-state index contributed by atoms with van der Waals surface area (Å²) in [6, 6.07) is 1.73. The fourth-order valence-electron chi connectivity index (χ4n) is 1.04. The maximum absolute atomic E-state index is 11.3. The van der Waals surface area contributed by atoms with Gasteiger partial charge in [0.2, 0.25) is 0 Å². The molecule has 6 heteroatoms. The van der Waals surface area contributed by atoms with E-state index in [2.05, 4.69) is 10.3 Å². The minimum Gasteiger partial charge on any atom is -0.369 e. The second-order valence-corrected chi connectivity index (χ2v) is 2.79. The van der Waals surface area contributed by atoms with Crippen LogP contribution in [0.4, 0.5) is 5.82 Å². The number of aromatic nitrogens is 2. The average Bonchev–Trinajstić information content (AvgIpc) is 2.19. The van der Waals surface area contributed by atoms with Crippen molar-refractivity contribution < 1.29 is 0 Å². The molecule has 1 heterocycles. The van der Waals surface area contributed by atoms with Crippen LogP contribution in [0.2, 0.25) is 0 Å². The number of hydrogen-bond acceptors (Lipinski definition) is 5. The van der Waals surface area contributed by atoms with Crippen molar-refractivity contribution in [2.45, 2.75) is 6.54 Å². The van der Waals surface area contributed by atoms with Gasteiger partial charge in [0.1, 0.15) is 5.82 Å². The van der Waals surface area contributed by atoms with Gasteiger partial charge >= 0.3 is 5.69 Å². The molecule has 0 aromatic carbocycles. The summed E-state index contributed by atoms with van der Waals surface area (Å²) in [5, 5.41) is 2.92. The fourth-order valence-corrected chi connectivity index (χ4v) is 1.04. The molecule has 1 rings (SSSR count). The molecule has 0 aliphatic heterocycles. The Kier molecular flexibility index (Phi) is 4.09. The van der Waals surface area contributed by atoms with Gasteiger partial charge in [-0.25, -0.2) is 4.79 Å². The van der Waals surface area contributed by atoms with E-state index in [9.17, 15) is 4.79 Å². The van der Waals surface area contributed by atoms with E-state index in [1.807, 2.05) is 0 Å². The highest BCUT2D eigenvalue weighted by Crippen LogP contribution is 1.95. The normalized spacial score (nSPS) is 10.1. The molecule has 0 spiro atoms. The number of hydrogen-bond donors (Lipinski definition) is 3. The van der Waals surface area contributed by atoms with Gasteiger partial charge in [0.25, 0.3) is 0 Å². The second-order valence-electron chi connectivity index (χ2n) is 2.79. The number of nitrogens with one attached hydrogen (secondary N) is 1. The molecule has 0 unspecified atom stereocenters. The number of nitrogens with zero attached hydrogens (tertiary/aromatic N) is 2. The monoisotopic (exact) mass is 197 g/mol. The van der Waals surface area contributed by atoms with E-state index in [1.165, 1.54) is 4.57 Å². The van der Waals surface area contributed by atoms with E-state index >= 15 is 0 Å². The van der Waals surface area contributed by atoms with Crippen molar-refractivity contribution in [3.05, 3.63) is 22.7 Å². The Hall–Kier alpha value is -1.40. The van der Waals surface area contributed by atoms with E-state index in [4.69, 9.17) is 11.5 Å². The van der Waals surface area contributed by atoms with Gasteiger partial charge in [0.05, 0.1) is 0 Å². The van der Waals surface area contributed by atoms with Crippen LogP contribution in [0, 0.1) is 0 Å². The fraction of sp³-hybridized carbons (Fsp3) is 0.500. The summed E-state index contributed by atoms with van der Waals surface area (Å²) in [7, 11) is 0. The van der Waals surface area contributed by atoms with Crippen LogP contribution in [0.25, 0.3) is 0 Å². The Balaban J connectivity index is 2.73. The van der Waals surface area contributed by atoms with Gasteiger partial charge in [0, 0.05) is 32.4 Å². The van der Waals surface area contributed by atoms with Gasteiger partial charge in [-0.3, -0.25) is 4.57 Å². The maximum atomic E-state index is 11.3. The van der Waals surface area contributed by atoms with Crippen LogP contribution in [0.3, 0.4) is 0 Å². The lowest BCUT2D eigenvalue weighted by molar-refractivity contribution is 0.660. The number of nitrogens with two attached hydrogens (primary N) is 2. The smallest absolute Gasteiger partial charge is 0.349 e. The molecule has 78 valence electrons. The molecule has 14 heavy (non-hydrogen) atoms. The van der Waals surface area contributed by atoms with Crippen LogP contribution < -0.4 is 22.5 Å². The van der Waals surface area contributed by atoms with Crippen LogP contribution in [-0.4, -0.2) is 29.2 Å².